The van der Waals surface area contributed by atoms with Crippen molar-refractivity contribution in [1.82, 2.24) is 0 Å². The Morgan fingerprint density at radius 1 is 1.13 bits per heavy atom. The first-order valence-corrected chi connectivity index (χ1v) is 8.01. The number of benzene rings is 1. The minimum Gasteiger partial charge on any atom is -0.398 e. The standard InChI is InChI=1S/C17H18F3O2Si/c1-4-10-8-7-9-12-14(10)16(22-23,17(18,19)20)13(6-3)11(5-2)15(12)21/h7-9H,4-6H2,1-3H3. The van der Waals surface area contributed by atoms with E-state index in [2.05, 4.69) is 10.5 Å². The lowest BCUT2D eigenvalue weighted by Crippen LogP contribution is -2.50. The zero-order valence-corrected chi connectivity index (χ0v) is 14.3. The van der Waals surface area contributed by atoms with Crippen LogP contribution in [0, 0.1) is 0 Å². The fourth-order valence-corrected chi connectivity index (χ4v) is 3.82. The third kappa shape index (κ3) is 2.39. The van der Waals surface area contributed by atoms with Crippen LogP contribution in [0.3, 0.4) is 0 Å². The Morgan fingerprint density at radius 2 is 1.78 bits per heavy atom. The minimum absolute atomic E-state index is 0.0131. The molecule has 123 valence electrons. The van der Waals surface area contributed by atoms with Crippen LogP contribution >= 0.6 is 0 Å². The Morgan fingerprint density at radius 3 is 2.22 bits per heavy atom. The highest BCUT2D eigenvalue weighted by molar-refractivity contribution is 6.12. The molecule has 3 radical (unpaired) electrons. The molecule has 0 spiro atoms. The van der Waals surface area contributed by atoms with Gasteiger partial charge < -0.3 is 4.43 Å². The van der Waals surface area contributed by atoms with Gasteiger partial charge in [0.2, 0.25) is 16.1 Å². The van der Waals surface area contributed by atoms with Gasteiger partial charge in [-0.2, -0.15) is 13.2 Å². The van der Waals surface area contributed by atoms with E-state index in [-0.39, 0.29) is 40.9 Å². The topological polar surface area (TPSA) is 26.3 Å². The van der Waals surface area contributed by atoms with Gasteiger partial charge in [-0.15, -0.1) is 0 Å². The van der Waals surface area contributed by atoms with E-state index in [0.29, 0.717) is 12.0 Å². The monoisotopic (exact) mass is 339 g/mol. The summed E-state index contributed by atoms with van der Waals surface area (Å²) in [6.45, 7) is 5.06. The van der Waals surface area contributed by atoms with Gasteiger partial charge in [-0.25, -0.2) is 0 Å². The molecule has 1 aliphatic carbocycles. The van der Waals surface area contributed by atoms with Crippen LogP contribution in [0.4, 0.5) is 13.2 Å². The Balaban J connectivity index is 3.01. The van der Waals surface area contributed by atoms with E-state index in [0.717, 1.165) is 0 Å². The lowest BCUT2D eigenvalue weighted by atomic mass is 9.70. The van der Waals surface area contributed by atoms with Gasteiger partial charge in [0.1, 0.15) is 0 Å². The van der Waals surface area contributed by atoms with E-state index in [1.54, 1.807) is 32.9 Å². The number of carbonyl (C=O) groups excluding carboxylic acids is 1. The maximum atomic E-state index is 14.2. The number of aryl methyl sites for hydroxylation is 1. The van der Waals surface area contributed by atoms with Gasteiger partial charge in [-0.3, -0.25) is 4.79 Å². The molecule has 0 bridgehead atoms. The van der Waals surface area contributed by atoms with E-state index >= 15 is 0 Å². The highest BCUT2D eigenvalue weighted by Gasteiger charge is 2.62. The number of carbonyl (C=O) groups is 1. The van der Waals surface area contributed by atoms with Crippen molar-refractivity contribution in [2.45, 2.75) is 51.8 Å². The van der Waals surface area contributed by atoms with Crippen molar-refractivity contribution in [2.24, 2.45) is 0 Å². The number of ketones is 1. The van der Waals surface area contributed by atoms with Crippen LogP contribution < -0.4 is 0 Å². The van der Waals surface area contributed by atoms with E-state index in [9.17, 15) is 18.0 Å². The van der Waals surface area contributed by atoms with Crippen molar-refractivity contribution in [3.63, 3.8) is 0 Å². The van der Waals surface area contributed by atoms with Crippen LogP contribution in [0.1, 0.15) is 55.1 Å². The molecule has 6 heteroatoms. The molecule has 2 rings (SSSR count). The van der Waals surface area contributed by atoms with Gasteiger partial charge in [0, 0.05) is 16.7 Å². The third-order valence-corrected chi connectivity index (χ3v) is 4.76. The molecule has 1 aromatic rings. The molecule has 0 N–H and O–H groups in total. The summed E-state index contributed by atoms with van der Waals surface area (Å²) in [5, 5.41) is 0. The Bertz CT molecular complexity index is 664. The Hall–Kier alpha value is -1.40. The van der Waals surface area contributed by atoms with Gasteiger partial charge >= 0.3 is 6.18 Å². The smallest absolute Gasteiger partial charge is 0.398 e. The predicted octanol–water partition coefficient (Wildman–Crippen LogP) is 4.42. The van der Waals surface area contributed by atoms with Gasteiger partial charge in [0.05, 0.1) is 0 Å². The first-order valence-electron chi connectivity index (χ1n) is 7.61. The van der Waals surface area contributed by atoms with E-state index in [1.165, 1.54) is 6.07 Å². The van der Waals surface area contributed by atoms with Crippen molar-refractivity contribution < 1.29 is 22.4 Å². The lowest BCUT2D eigenvalue weighted by molar-refractivity contribution is -0.240. The molecule has 2 nitrogen and oxygen atoms in total. The summed E-state index contributed by atoms with van der Waals surface area (Å²) in [5.41, 5.74) is -1.99. The molecule has 0 amide bonds. The van der Waals surface area contributed by atoms with Crippen molar-refractivity contribution in [1.29, 1.82) is 0 Å². The summed E-state index contributed by atoms with van der Waals surface area (Å²) in [6.07, 6.45) is -4.01. The quantitative estimate of drug-likeness (QED) is 0.759. The average molecular weight is 339 g/mol. The summed E-state index contributed by atoms with van der Waals surface area (Å²) in [4.78, 5) is 12.7. The lowest BCUT2D eigenvalue weighted by Gasteiger charge is -2.43. The largest absolute Gasteiger partial charge is 0.424 e. The van der Waals surface area contributed by atoms with E-state index in [4.69, 9.17) is 4.43 Å². The van der Waals surface area contributed by atoms with Crippen LogP contribution in [0.2, 0.25) is 0 Å². The first-order chi connectivity index (χ1) is 10.8. The molecule has 23 heavy (non-hydrogen) atoms. The number of alkyl halides is 3. The number of fused-ring (bicyclic) bond motifs is 1. The summed E-state index contributed by atoms with van der Waals surface area (Å²) >= 11 is 0. The number of Topliss-reactive ketones (excluding diaryl/α,β-unsaturated/α-hetero) is 1. The van der Waals surface area contributed by atoms with Crippen molar-refractivity contribution >= 4 is 16.3 Å². The van der Waals surface area contributed by atoms with Crippen LogP contribution in [0.15, 0.2) is 29.3 Å². The van der Waals surface area contributed by atoms with Gasteiger partial charge in [0.15, 0.2) is 5.78 Å². The van der Waals surface area contributed by atoms with Crippen LogP contribution in [-0.4, -0.2) is 22.4 Å². The maximum absolute atomic E-state index is 14.2. The van der Waals surface area contributed by atoms with Gasteiger partial charge in [0.25, 0.3) is 0 Å². The highest BCUT2D eigenvalue weighted by atomic mass is 28.2. The second-order valence-corrected chi connectivity index (χ2v) is 5.67. The van der Waals surface area contributed by atoms with E-state index in [1.807, 2.05) is 0 Å². The molecule has 1 unspecified atom stereocenters. The summed E-state index contributed by atoms with van der Waals surface area (Å²) in [7, 11) is 2.69. The maximum Gasteiger partial charge on any atom is 0.424 e. The second kappa shape index (κ2) is 6.24. The molecule has 0 saturated carbocycles. The molecular formula is C17H18F3O2Si. The van der Waals surface area contributed by atoms with Gasteiger partial charge in [-0.05, 0) is 30.4 Å². The highest BCUT2D eigenvalue weighted by Crippen LogP contribution is 2.54. The molecule has 0 heterocycles. The summed E-state index contributed by atoms with van der Waals surface area (Å²) in [5.74, 6) is -0.335. The fourth-order valence-electron chi connectivity index (χ4n) is 3.48. The molecule has 0 saturated heterocycles. The number of rotatable bonds is 4. The predicted molar refractivity (Wildman–Crippen MR) is 82.3 cm³/mol. The first kappa shape index (κ1) is 17.9. The number of halogens is 3. The second-order valence-electron chi connectivity index (χ2n) is 5.47. The Labute approximate surface area is 137 Å². The van der Waals surface area contributed by atoms with Gasteiger partial charge in [-0.1, -0.05) is 39.0 Å². The van der Waals surface area contributed by atoms with Crippen LogP contribution in [0.25, 0.3) is 0 Å². The van der Waals surface area contributed by atoms with Crippen molar-refractivity contribution in [2.75, 3.05) is 0 Å². The van der Waals surface area contributed by atoms with Crippen LogP contribution in [-0.2, 0) is 16.4 Å². The van der Waals surface area contributed by atoms with Crippen LogP contribution in [0.5, 0.6) is 0 Å². The van der Waals surface area contributed by atoms with Crippen molar-refractivity contribution in [3.05, 3.63) is 46.0 Å². The molecule has 0 aromatic heterocycles. The molecule has 1 aromatic carbocycles. The molecule has 0 aliphatic heterocycles. The molecule has 0 fully saturated rings. The number of hydrogen-bond donors (Lipinski definition) is 0. The average Bonchev–Trinajstić information content (AvgIpc) is 2.52. The molecular weight excluding hydrogens is 321 g/mol. The zero-order chi connectivity index (χ0) is 17.4. The molecule has 1 atom stereocenters. The summed E-state index contributed by atoms with van der Waals surface area (Å²) in [6, 6.07) is 4.68. The zero-order valence-electron chi connectivity index (χ0n) is 13.3. The third-order valence-electron chi connectivity index (χ3n) is 4.45. The number of hydrogen-bond acceptors (Lipinski definition) is 2. The van der Waals surface area contributed by atoms with E-state index < -0.39 is 11.8 Å². The van der Waals surface area contributed by atoms with Crippen molar-refractivity contribution in [3.8, 4) is 0 Å². The Kier molecular flexibility index (Phi) is 4.87. The fraction of sp³-hybridized carbons (Fsp3) is 0.471. The number of allylic oxidation sites excluding steroid dienone is 1. The normalized spacial score (nSPS) is 21.6. The minimum atomic E-state index is -4.69. The molecule has 1 aliphatic rings. The SMILES string of the molecule is CCC1=C(CC)C(O[Si])(C(F)(F)F)c2c(CC)cccc2C1=O. The summed E-state index contributed by atoms with van der Waals surface area (Å²) < 4.78 is 47.5.